The molecule has 0 aromatic carbocycles. The van der Waals surface area contributed by atoms with Crippen molar-refractivity contribution in [3.63, 3.8) is 0 Å². The molecule has 0 saturated carbocycles. The number of aryl methyl sites for hydroxylation is 1. The van der Waals surface area contributed by atoms with Crippen LogP contribution in [0.25, 0.3) is 0 Å². The van der Waals surface area contributed by atoms with Crippen molar-refractivity contribution >= 4 is 10.0 Å². The summed E-state index contributed by atoms with van der Waals surface area (Å²) in [6.07, 6.45) is 4.82. The molecular formula is C15H28N4O3S. The molecule has 1 N–H and O–H groups in total. The second kappa shape index (κ2) is 7.72. The largest absolute Gasteiger partial charge is 0.338 e. The van der Waals surface area contributed by atoms with E-state index in [0.717, 1.165) is 31.5 Å². The van der Waals surface area contributed by atoms with Crippen LogP contribution >= 0.6 is 0 Å². The first kappa shape index (κ1) is 18.4. The first-order valence-corrected chi connectivity index (χ1v) is 10.2. The molecule has 1 fully saturated rings. The zero-order chi connectivity index (χ0) is 17.0. The Bertz CT molecular complexity index is 602. The summed E-state index contributed by atoms with van der Waals surface area (Å²) < 4.78 is 30.4. The van der Waals surface area contributed by atoms with Crippen LogP contribution in [-0.2, 0) is 16.4 Å². The number of nitrogens with one attached hydrogen (secondary N) is 1. The zero-order valence-corrected chi connectivity index (χ0v) is 15.3. The molecule has 0 aliphatic carbocycles. The molecule has 1 aliphatic heterocycles. The molecule has 1 aliphatic rings. The van der Waals surface area contributed by atoms with Crippen LogP contribution in [0.3, 0.4) is 0 Å². The van der Waals surface area contributed by atoms with E-state index in [1.165, 1.54) is 6.26 Å². The Kier molecular flexibility index (Phi) is 6.16. The summed E-state index contributed by atoms with van der Waals surface area (Å²) in [5.74, 6) is 1.64. The highest BCUT2D eigenvalue weighted by atomic mass is 32.2. The van der Waals surface area contributed by atoms with Gasteiger partial charge in [0.25, 0.3) is 0 Å². The monoisotopic (exact) mass is 344 g/mol. The van der Waals surface area contributed by atoms with Gasteiger partial charge in [0.05, 0.1) is 12.3 Å². The Labute approximate surface area is 138 Å². The van der Waals surface area contributed by atoms with Gasteiger partial charge in [-0.05, 0) is 25.7 Å². The lowest BCUT2D eigenvalue weighted by Gasteiger charge is -2.38. The summed E-state index contributed by atoms with van der Waals surface area (Å²) in [4.78, 5) is 4.42. The van der Waals surface area contributed by atoms with Crippen LogP contribution in [0.1, 0.15) is 57.8 Å². The Morgan fingerprint density at radius 1 is 1.43 bits per heavy atom. The van der Waals surface area contributed by atoms with Crippen molar-refractivity contribution in [1.82, 2.24) is 19.8 Å². The van der Waals surface area contributed by atoms with E-state index in [9.17, 15) is 8.42 Å². The van der Waals surface area contributed by atoms with Gasteiger partial charge < -0.3 is 9.84 Å². The van der Waals surface area contributed by atoms with Crippen LogP contribution < -0.4 is 5.32 Å². The van der Waals surface area contributed by atoms with Crippen molar-refractivity contribution in [1.29, 1.82) is 0 Å². The number of hydrogen-bond acceptors (Lipinski definition) is 6. The van der Waals surface area contributed by atoms with Crippen molar-refractivity contribution in [3.8, 4) is 0 Å². The van der Waals surface area contributed by atoms with E-state index >= 15 is 0 Å². The topological polar surface area (TPSA) is 88.3 Å². The number of nitrogens with zero attached hydrogens (tertiary/aromatic N) is 3. The molecule has 132 valence electrons. The minimum absolute atomic E-state index is 0.0306. The predicted octanol–water partition coefficient (Wildman–Crippen LogP) is 1.73. The molecule has 0 spiro atoms. The van der Waals surface area contributed by atoms with Crippen LogP contribution in [0.4, 0.5) is 0 Å². The fraction of sp³-hybridized carbons (Fsp3) is 0.867. The molecule has 2 heterocycles. The number of piperidine rings is 1. The van der Waals surface area contributed by atoms with Gasteiger partial charge in [-0.15, -0.1) is 0 Å². The van der Waals surface area contributed by atoms with Crippen LogP contribution in [0.5, 0.6) is 0 Å². The molecule has 1 aromatic rings. The number of rotatable bonds is 7. The van der Waals surface area contributed by atoms with Crippen molar-refractivity contribution in [2.45, 2.75) is 58.5 Å². The maximum Gasteiger partial charge on any atom is 0.243 e. The molecule has 1 saturated heterocycles. The smallest absolute Gasteiger partial charge is 0.243 e. The molecule has 0 radical (unpaired) electrons. The lowest BCUT2D eigenvalue weighted by Crippen LogP contribution is -2.51. The first-order chi connectivity index (χ1) is 10.8. The Morgan fingerprint density at radius 2 is 2.17 bits per heavy atom. The Balaban J connectivity index is 1.98. The zero-order valence-electron chi connectivity index (χ0n) is 14.4. The third-order valence-corrected chi connectivity index (χ3v) is 5.75. The fourth-order valence-corrected chi connectivity index (χ4v) is 3.99. The van der Waals surface area contributed by atoms with Crippen LogP contribution in [0, 0.1) is 5.92 Å². The van der Waals surface area contributed by atoms with Gasteiger partial charge in [-0.2, -0.15) is 4.98 Å². The summed E-state index contributed by atoms with van der Waals surface area (Å²) in [6, 6.07) is 0.228. The maximum absolute atomic E-state index is 11.7. The van der Waals surface area contributed by atoms with Crippen LogP contribution in [0.15, 0.2) is 4.52 Å². The van der Waals surface area contributed by atoms with Gasteiger partial charge in [-0.3, -0.25) is 0 Å². The quantitative estimate of drug-likeness (QED) is 0.810. The molecular weight excluding hydrogens is 316 g/mol. The van der Waals surface area contributed by atoms with Crippen molar-refractivity contribution in [2.75, 3.05) is 19.3 Å². The second-order valence-electron chi connectivity index (χ2n) is 6.37. The molecule has 23 heavy (non-hydrogen) atoms. The van der Waals surface area contributed by atoms with Gasteiger partial charge in [-0.1, -0.05) is 25.4 Å². The molecule has 0 amide bonds. The van der Waals surface area contributed by atoms with E-state index < -0.39 is 10.0 Å². The van der Waals surface area contributed by atoms with Gasteiger partial charge in [0.2, 0.25) is 15.9 Å². The predicted molar refractivity (Wildman–Crippen MR) is 88.4 cm³/mol. The lowest BCUT2D eigenvalue weighted by molar-refractivity contribution is 0.185. The van der Waals surface area contributed by atoms with Gasteiger partial charge in [0, 0.05) is 25.6 Å². The van der Waals surface area contributed by atoms with E-state index in [0.29, 0.717) is 24.9 Å². The summed E-state index contributed by atoms with van der Waals surface area (Å²) in [6.45, 7) is 7.33. The van der Waals surface area contributed by atoms with E-state index in [1.54, 1.807) is 4.31 Å². The molecule has 2 rings (SSSR count). The summed E-state index contributed by atoms with van der Waals surface area (Å²) in [7, 11) is -3.11. The number of hydrogen-bond donors (Lipinski definition) is 1. The van der Waals surface area contributed by atoms with E-state index in [2.05, 4.69) is 29.3 Å². The molecule has 7 nitrogen and oxygen atoms in total. The van der Waals surface area contributed by atoms with Gasteiger partial charge in [0.15, 0.2) is 5.82 Å². The SMILES string of the molecule is CCCc1noc(C(C)NC2CCN(S(C)(=O)=O)CC2CC)n1. The van der Waals surface area contributed by atoms with E-state index in [1.807, 2.05) is 6.92 Å². The van der Waals surface area contributed by atoms with Gasteiger partial charge in [0.1, 0.15) is 0 Å². The second-order valence-corrected chi connectivity index (χ2v) is 8.35. The minimum atomic E-state index is -3.11. The van der Waals surface area contributed by atoms with Crippen LogP contribution in [0.2, 0.25) is 0 Å². The number of aromatic nitrogens is 2. The van der Waals surface area contributed by atoms with Crippen molar-refractivity contribution in [2.24, 2.45) is 5.92 Å². The highest BCUT2D eigenvalue weighted by Gasteiger charge is 2.33. The van der Waals surface area contributed by atoms with E-state index in [-0.39, 0.29) is 12.1 Å². The van der Waals surface area contributed by atoms with E-state index in [4.69, 9.17) is 4.52 Å². The highest BCUT2D eigenvalue weighted by Crippen LogP contribution is 2.24. The standard InChI is InChI=1S/C15H28N4O3S/c1-5-7-14-17-15(22-18-14)11(3)16-13-8-9-19(23(4,20)21)10-12(13)6-2/h11-13,16H,5-10H2,1-4H3. The van der Waals surface area contributed by atoms with Crippen molar-refractivity contribution < 1.29 is 12.9 Å². The van der Waals surface area contributed by atoms with Gasteiger partial charge in [-0.25, -0.2) is 12.7 Å². The number of sulfonamides is 1. The fourth-order valence-electron chi connectivity index (χ4n) is 3.09. The lowest BCUT2D eigenvalue weighted by atomic mass is 9.90. The summed E-state index contributed by atoms with van der Waals surface area (Å²) >= 11 is 0. The average Bonchev–Trinajstić information content (AvgIpc) is 2.95. The average molecular weight is 344 g/mol. The Hall–Kier alpha value is -0.990. The third-order valence-electron chi connectivity index (χ3n) is 4.48. The molecule has 3 unspecified atom stereocenters. The molecule has 8 heteroatoms. The Morgan fingerprint density at radius 3 is 2.78 bits per heavy atom. The van der Waals surface area contributed by atoms with Crippen molar-refractivity contribution in [3.05, 3.63) is 11.7 Å². The molecule has 3 atom stereocenters. The maximum atomic E-state index is 11.7. The molecule has 0 bridgehead atoms. The van der Waals surface area contributed by atoms with Gasteiger partial charge >= 0.3 is 0 Å². The summed E-state index contributed by atoms with van der Waals surface area (Å²) in [5, 5.41) is 7.54. The normalized spacial score (nSPS) is 24.7. The third kappa shape index (κ3) is 4.74. The van der Waals surface area contributed by atoms with Crippen LogP contribution in [-0.4, -0.2) is 48.3 Å². The minimum Gasteiger partial charge on any atom is -0.338 e. The molecule has 1 aromatic heterocycles. The first-order valence-electron chi connectivity index (χ1n) is 8.38. The summed E-state index contributed by atoms with van der Waals surface area (Å²) in [5.41, 5.74) is 0. The highest BCUT2D eigenvalue weighted by molar-refractivity contribution is 7.88.